The molecular weight excluding hydrogens is 403 g/mol. The quantitative estimate of drug-likeness (QED) is 0.486. The molecule has 0 spiro atoms. The maximum Gasteiger partial charge on any atom is 1.00 e. The number of phenolic OH excluding ortho intramolecular Hbond substituents is 1. The average Bonchev–Trinajstić information content (AvgIpc) is 2.65. The van der Waals surface area contributed by atoms with Crippen molar-refractivity contribution in [3.8, 4) is 11.5 Å². The number of hydrogen-bond acceptors (Lipinski definition) is 4. The molecular formula is C25H29KO4. The maximum absolute atomic E-state index is 12.0. The van der Waals surface area contributed by atoms with Gasteiger partial charge in [0.2, 0.25) is 0 Å². The first-order valence-corrected chi connectivity index (χ1v) is 9.82. The molecule has 0 heterocycles. The first-order chi connectivity index (χ1) is 13.7. The first kappa shape index (κ1) is 26.7. The molecule has 2 N–H and O–H groups in total. The van der Waals surface area contributed by atoms with Crippen LogP contribution in [-0.4, -0.2) is 16.2 Å². The van der Waals surface area contributed by atoms with Crippen LogP contribution in [0, 0.1) is 0 Å². The number of aromatic hydroxyl groups is 2. The molecule has 4 nitrogen and oxygen atoms in total. The topological polar surface area (TPSA) is 80.6 Å². The third-order valence-electron chi connectivity index (χ3n) is 4.90. The third-order valence-corrected chi connectivity index (χ3v) is 4.90. The van der Waals surface area contributed by atoms with Crippen molar-refractivity contribution in [2.24, 2.45) is 0 Å². The van der Waals surface area contributed by atoms with Gasteiger partial charge in [0.25, 0.3) is 0 Å². The van der Waals surface area contributed by atoms with Gasteiger partial charge in [-0.25, -0.2) is 0 Å². The van der Waals surface area contributed by atoms with Crippen LogP contribution in [0.2, 0.25) is 0 Å². The van der Waals surface area contributed by atoms with Crippen LogP contribution in [0.5, 0.6) is 11.5 Å². The van der Waals surface area contributed by atoms with Crippen molar-refractivity contribution in [1.82, 2.24) is 0 Å². The molecule has 0 atom stereocenters. The van der Waals surface area contributed by atoms with Crippen LogP contribution in [0.25, 0.3) is 0 Å². The molecule has 0 saturated carbocycles. The Kier molecular flexibility index (Phi) is 11.1. The van der Waals surface area contributed by atoms with Gasteiger partial charge in [-0.2, -0.15) is 0 Å². The van der Waals surface area contributed by atoms with E-state index in [0.29, 0.717) is 30.4 Å². The molecule has 0 aliphatic rings. The summed E-state index contributed by atoms with van der Waals surface area (Å²) in [6.07, 6.45) is 5.41. The molecule has 154 valence electrons. The second-order valence-electron chi connectivity index (χ2n) is 7.75. The third kappa shape index (κ3) is 7.10. The fourth-order valence-corrected chi connectivity index (χ4v) is 3.32. The number of benzene rings is 2. The molecule has 0 bridgehead atoms. The predicted octanol–water partition coefficient (Wildman–Crippen LogP) is 1.27. The summed E-state index contributed by atoms with van der Waals surface area (Å²) in [5.74, 6) is -1.86. The van der Waals surface area contributed by atoms with Crippen molar-refractivity contribution in [3.63, 3.8) is 0 Å². The zero-order valence-electron chi connectivity index (χ0n) is 18.6. The van der Waals surface area contributed by atoms with Crippen molar-refractivity contribution >= 4 is 5.97 Å². The molecule has 2 aromatic rings. The summed E-state index contributed by atoms with van der Waals surface area (Å²) in [6, 6.07) is 9.72. The van der Waals surface area contributed by atoms with E-state index in [-0.39, 0.29) is 74.7 Å². The summed E-state index contributed by atoms with van der Waals surface area (Å²) in [5, 5.41) is 33.6. The van der Waals surface area contributed by atoms with E-state index in [1.807, 2.05) is 70.2 Å². The van der Waals surface area contributed by atoms with Crippen LogP contribution in [0.15, 0.2) is 53.6 Å². The normalized spacial score (nSPS) is 10.1. The van der Waals surface area contributed by atoms with E-state index in [1.165, 1.54) is 0 Å². The molecule has 0 fully saturated rings. The van der Waals surface area contributed by atoms with E-state index < -0.39 is 11.7 Å². The number of aryl methyl sites for hydroxylation is 1. The minimum Gasteiger partial charge on any atom is -0.545 e. The summed E-state index contributed by atoms with van der Waals surface area (Å²) >= 11 is 0. The first-order valence-electron chi connectivity index (χ1n) is 9.82. The Hall–Kier alpha value is -1.37. The minimum absolute atomic E-state index is 0. The Balaban J connectivity index is 0.00000450. The van der Waals surface area contributed by atoms with E-state index in [2.05, 4.69) is 0 Å². The molecule has 0 aliphatic carbocycles. The van der Waals surface area contributed by atoms with Crippen molar-refractivity contribution in [1.29, 1.82) is 0 Å². The minimum atomic E-state index is -1.43. The number of carbonyl (C=O) groups is 1. The van der Waals surface area contributed by atoms with E-state index in [1.54, 1.807) is 0 Å². The molecule has 30 heavy (non-hydrogen) atoms. The Morgan fingerprint density at radius 1 is 0.833 bits per heavy atom. The molecule has 0 aromatic heterocycles. The van der Waals surface area contributed by atoms with Crippen molar-refractivity contribution in [3.05, 3.63) is 81.4 Å². The monoisotopic (exact) mass is 432 g/mol. The second kappa shape index (κ2) is 12.5. The summed E-state index contributed by atoms with van der Waals surface area (Å²) in [6.45, 7) is 7.72. The summed E-state index contributed by atoms with van der Waals surface area (Å²) in [7, 11) is 0. The Labute approximate surface area is 221 Å². The van der Waals surface area contributed by atoms with Gasteiger partial charge in [0.1, 0.15) is 11.5 Å². The van der Waals surface area contributed by atoms with E-state index in [9.17, 15) is 20.1 Å². The number of allylic oxidation sites excluding steroid dienone is 4. The number of phenols is 2. The molecule has 0 amide bonds. The van der Waals surface area contributed by atoms with Gasteiger partial charge in [0.15, 0.2) is 0 Å². The Morgan fingerprint density at radius 3 is 1.87 bits per heavy atom. The molecule has 0 aliphatic heterocycles. The van der Waals surface area contributed by atoms with Crippen LogP contribution in [0.1, 0.15) is 60.3 Å². The van der Waals surface area contributed by atoms with Gasteiger partial charge >= 0.3 is 51.4 Å². The summed E-state index contributed by atoms with van der Waals surface area (Å²) in [5.41, 5.74) is 4.11. The van der Waals surface area contributed by atoms with Crippen LogP contribution in [0.3, 0.4) is 0 Å². The smallest absolute Gasteiger partial charge is 0.545 e. The second-order valence-corrected chi connectivity index (χ2v) is 7.75. The Bertz CT molecular complexity index is 936. The Morgan fingerprint density at radius 2 is 1.37 bits per heavy atom. The molecule has 2 aromatic carbocycles. The largest absolute Gasteiger partial charge is 1.00 e. The zero-order valence-corrected chi connectivity index (χ0v) is 21.7. The van der Waals surface area contributed by atoms with Gasteiger partial charge in [-0.05, 0) is 64.5 Å². The zero-order chi connectivity index (χ0) is 21.6. The fraction of sp³-hybridized carbons (Fsp3) is 0.320. The molecule has 0 saturated heterocycles. The predicted molar refractivity (Wildman–Crippen MR) is 114 cm³/mol. The standard InChI is InChI=1S/C25H30O4.K/c1-16(2)10-13-20-19(15-12-18-8-6-5-7-9-18)22(25(28)29)24(27)21(23(20)26)14-11-17(3)4;/h5-11,26-27H,12-15H2,1-4H3,(H,28,29);/q;+1/p-1. The van der Waals surface area contributed by atoms with Gasteiger partial charge in [0, 0.05) is 16.7 Å². The van der Waals surface area contributed by atoms with E-state index in [0.717, 1.165) is 16.7 Å². The van der Waals surface area contributed by atoms with Gasteiger partial charge in [-0.1, -0.05) is 53.6 Å². The number of aromatic carboxylic acids is 1. The molecule has 5 heteroatoms. The van der Waals surface area contributed by atoms with Crippen molar-refractivity contribution in [2.45, 2.75) is 53.4 Å². The summed E-state index contributed by atoms with van der Waals surface area (Å²) in [4.78, 5) is 12.0. The SMILES string of the molecule is CC(C)=CCc1c(O)c(CC=C(C)C)c(CCc2ccccc2)c(C(=O)[O-])c1O.[K+]. The van der Waals surface area contributed by atoms with Gasteiger partial charge < -0.3 is 20.1 Å². The van der Waals surface area contributed by atoms with Crippen molar-refractivity contribution in [2.75, 3.05) is 0 Å². The fourth-order valence-electron chi connectivity index (χ4n) is 3.32. The van der Waals surface area contributed by atoms with Crippen LogP contribution in [0.4, 0.5) is 0 Å². The average molecular weight is 433 g/mol. The summed E-state index contributed by atoms with van der Waals surface area (Å²) < 4.78 is 0. The van der Waals surface area contributed by atoms with Crippen LogP contribution < -0.4 is 56.5 Å². The maximum atomic E-state index is 12.0. The van der Waals surface area contributed by atoms with Crippen LogP contribution in [-0.2, 0) is 25.7 Å². The van der Waals surface area contributed by atoms with Gasteiger partial charge in [-0.3, -0.25) is 0 Å². The number of carbonyl (C=O) groups excluding carboxylic acids is 1. The van der Waals surface area contributed by atoms with Crippen LogP contribution >= 0.6 is 0 Å². The number of rotatable bonds is 8. The molecule has 2 rings (SSSR count). The van der Waals surface area contributed by atoms with Gasteiger partial charge in [0.05, 0.1) is 5.97 Å². The molecule has 0 radical (unpaired) electrons. The number of hydrogen-bond donors (Lipinski definition) is 2. The van der Waals surface area contributed by atoms with E-state index in [4.69, 9.17) is 0 Å². The number of carboxylic acids is 1. The van der Waals surface area contributed by atoms with Gasteiger partial charge in [-0.15, -0.1) is 0 Å². The van der Waals surface area contributed by atoms with E-state index >= 15 is 0 Å². The van der Waals surface area contributed by atoms with Crippen molar-refractivity contribution < 1.29 is 71.5 Å². The molecule has 0 unspecified atom stereocenters. The number of carboxylic acid groups (broad SMARTS) is 1.